The van der Waals surface area contributed by atoms with Crippen LogP contribution in [0.4, 0.5) is 5.69 Å². The Morgan fingerprint density at radius 2 is 2.09 bits per heavy atom. The van der Waals surface area contributed by atoms with Crippen LogP contribution in [-0.4, -0.2) is 24.5 Å². The number of nitrogens with zero attached hydrogens (tertiary/aromatic N) is 3. The summed E-state index contributed by atoms with van der Waals surface area (Å²) >= 11 is 0. The number of imidazole rings is 1. The summed E-state index contributed by atoms with van der Waals surface area (Å²) in [6.07, 6.45) is 4.17. The summed E-state index contributed by atoms with van der Waals surface area (Å²) in [5, 5.41) is 0.131. The van der Waals surface area contributed by atoms with Gasteiger partial charge in [0.2, 0.25) is 0 Å². The molecule has 22 heavy (non-hydrogen) atoms. The molecule has 0 unspecified atom stereocenters. The summed E-state index contributed by atoms with van der Waals surface area (Å²) in [6, 6.07) is 6.05. The standard InChI is InChI=1S/C16H21N3O2S/c1-4-13-7-5-8-14-9-6-10-19(16(13)14)22(20,21)15-11-18(3)12(2)17-15/h5,7-8,11H,4,6,9-10H2,1-3H3. The highest BCUT2D eigenvalue weighted by Gasteiger charge is 2.32. The van der Waals surface area contributed by atoms with Gasteiger partial charge in [-0.15, -0.1) is 0 Å². The van der Waals surface area contributed by atoms with Crippen LogP contribution in [0.15, 0.2) is 29.4 Å². The molecule has 0 radical (unpaired) electrons. The molecule has 3 rings (SSSR count). The van der Waals surface area contributed by atoms with Gasteiger partial charge in [0, 0.05) is 19.8 Å². The minimum atomic E-state index is -3.61. The zero-order chi connectivity index (χ0) is 15.9. The third-order valence-corrected chi connectivity index (χ3v) is 5.95. The highest BCUT2D eigenvalue weighted by molar-refractivity contribution is 7.92. The van der Waals surface area contributed by atoms with Crippen LogP contribution in [0.5, 0.6) is 0 Å². The first-order chi connectivity index (χ1) is 10.4. The molecule has 0 fully saturated rings. The summed E-state index contributed by atoms with van der Waals surface area (Å²) in [5.74, 6) is 0.694. The minimum Gasteiger partial charge on any atom is -0.337 e. The average molecular weight is 319 g/mol. The predicted octanol–water partition coefficient (Wildman–Crippen LogP) is 2.43. The molecule has 1 aromatic heterocycles. The summed E-state index contributed by atoms with van der Waals surface area (Å²) in [5.41, 5.74) is 3.05. The minimum absolute atomic E-state index is 0.131. The van der Waals surface area contributed by atoms with Crippen LogP contribution in [0.25, 0.3) is 0 Å². The molecule has 0 bridgehead atoms. The van der Waals surface area contributed by atoms with E-state index in [-0.39, 0.29) is 5.03 Å². The van der Waals surface area contributed by atoms with Crippen molar-refractivity contribution in [2.45, 2.75) is 38.1 Å². The first kappa shape index (κ1) is 15.1. The second kappa shape index (κ2) is 5.43. The van der Waals surface area contributed by atoms with E-state index in [0.717, 1.165) is 36.1 Å². The van der Waals surface area contributed by atoms with Gasteiger partial charge < -0.3 is 4.57 Å². The second-order valence-corrected chi connectivity index (χ2v) is 7.51. The van der Waals surface area contributed by atoms with E-state index in [0.29, 0.717) is 12.4 Å². The number of sulfonamides is 1. The van der Waals surface area contributed by atoms with E-state index < -0.39 is 10.0 Å². The number of benzene rings is 1. The van der Waals surface area contributed by atoms with Crippen molar-refractivity contribution in [2.24, 2.45) is 7.05 Å². The van der Waals surface area contributed by atoms with Crippen LogP contribution in [0, 0.1) is 6.92 Å². The lowest BCUT2D eigenvalue weighted by atomic mass is 9.98. The fourth-order valence-electron chi connectivity index (χ4n) is 2.98. The fraction of sp³-hybridized carbons (Fsp3) is 0.438. The number of aryl methyl sites for hydroxylation is 4. The Labute approximate surface area is 131 Å². The Balaban J connectivity index is 2.14. The Hall–Kier alpha value is -1.82. The van der Waals surface area contributed by atoms with Crippen molar-refractivity contribution in [1.29, 1.82) is 0 Å². The number of anilines is 1. The van der Waals surface area contributed by atoms with Gasteiger partial charge in [-0.1, -0.05) is 25.1 Å². The van der Waals surface area contributed by atoms with Crippen LogP contribution < -0.4 is 4.31 Å². The Kier molecular flexibility index (Phi) is 3.72. The van der Waals surface area contributed by atoms with Crippen molar-refractivity contribution in [3.8, 4) is 0 Å². The highest BCUT2D eigenvalue weighted by Crippen LogP contribution is 2.35. The molecule has 1 aromatic carbocycles. The van der Waals surface area contributed by atoms with Crippen molar-refractivity contribution in [3.63, 3.8) is 0 Å². The van der Waals surface area contributed by atoms with Gasteiger partial charge in [0.1, 0.15) is 5.82 Å². The first-order valence-corrected chi connectivity index (χ1v) is 9.02. The summed E-state index contributed by atoms with van der Waals surface area (Å²) in [4.78, 5) is 4.22. The molecule has 0 N–H and O–H groups in total. The fourth-order valence-corrected chi connectivity index (χ4v) is 4.59. The van der Waals surface area contributed by atoms with Gasteiger partial charge in [-0.25, -0.2) is 4.98 Å². The van der Waals surface area contributed by atoms with Crippen LogP contribution in [0.3, 0.4) is 0 Å². The van der Waals surface area contributed by atoms with Gasteiger partial charge in [-0.2, -0.15) is 8.42 Å². The van der Waals surface area contributed by atoms with Crippen molar-refractivity contribution >= 4 is 15.7 Å². The lowest BCUT2D eigenvalue weighted by molar-refractivity contribution is 0.583. The van der Waals surface area contributed by atoms with E-state index in [1.807, 2.05) is 25.2 Å². The van der Waals surface area contributed by atoms with E-state index >= 15 is 0 Å². The number of para-hydroxylation sites is 1. The third-order valence-electron chi connectivity index (χ3n) is 4.28. The molecule has 1 aliphatic heterocycles. The molecular weight excluding hydrogens is 298 g/mol. The number of aromatic nitrogens is 2. The molecule has 0 saturated heterocycles. The number of fused-ring (bicyclic) bond motifs is 1. The topological polar surface area (TPSA) is 55.2 Å². The van der Waals surface area contributed by atoms with E-state index in [2.05, 4.69) is 11.9 Å². The van der Waals surface area contributed by atoms with Gasteiger partial charge in [-0.05, 0) is 37.3 Å². The Morgan fingerprint density at radius 1 is 1.32 bits per heavy atom. The quantitative estimate of drug-likeness (QED) is 0.873. The molecule has 1 aliphatic rings. The zero-order valence-corrected chi connectivity index (χ0v) is 14.0. The lowest BCUT2D eigenvalue weighted by Gasteiger charge is -2.31. The maximum absolute atomic E-state index is 13.0. The van der Waals surface area contributed by atoms with Gasteiger partial charge in [0.25, 0.3) is 10.0 Å². The van der Waals surface area contributed by atoms with E-state index in [4.69, 9.17) is 0 Å². The first-order valence-electron chi connectivity index (χ1n) is 7.58. The number of hydrogen-bond donors (Lipinski definition) is 0. The largest absolute Gasteiger partial charge is 0.337 e. The van der Waals surface area contributed by atoms with Crippen LogP contribution in [-0.2, 0) is 29.9 Å². The molecule has 5 nitrogen and oxygen atoms in total. The Morgan fingerprint density at radius 3 is 2.73 bits per heavy atom. The van der Waals surface area contributed by atoms with Crippen molar-refractivity contribution in [1.82, 2.24) is 9.55 Å². The Bertz CT molecular complexity index is 775. The van der Waals surface area contributed by atoms with Crippen LogP contribution in [0.1, 0.15) is 30.3 Å². The molecule has 0 spiro atoms. The molecule has 2 aromatic rings. The van der Waals surface area contributed by atoms with Crippen molar-refractivity contribution in [3.05, 3.63) is 41.3 Å². The monoisotopic (exact) mass is 319 g/mol. The van der Waals surface area contributed by atoms with Gasteiger partial charge >= 0.3 is 0 Å². The van der Waals surface area contributed by atoms with E-state index in [1.165, 1.54) is 0 Å². The van der Waals surface area contributed by atoms with Crippen molar-refractivity contribution in [2.75, 3.05) is 10.8 Å². The molecule has 0 atom stereocenters. The normalized spacial score (nSPS) is 15.0. The molecule has 118 valence electrons. The number of hydrogen-bond acceptors (Lipinski definition) is 3. The highest BCUT2D eigenvalue weighted by atomic mass is 32.2. The van der Waals surface area contributed by atoms with Gasteiger partial charge in [0.05, 0.1) is 5.69 Å². The predicted molar refractivity (Wildman–Crippen MR) is 86.6 cm³/mol. The summed E-state index contributed by atoms with van der Waals surface area (Å²) < 4.78 is 29.4. The maximum Gasteiger partial charge on any atom is 0.283 e. The van der Waals surface area contributed by atoms with Gasteiger partial charge in [0.15, 0.2) is 5.03 Å². The summed E-state index contributed by atoms with van der Waals surface area (Å²) in [6.45, 7) is 4.38. The molecule has 0 amide bonds. The molecule has 0 aliphatic carbocycles. The molecular formula is C16H21N3O2S. The summed E-state index contributed by atoms with van der Waals surface area (Å²) in [7, 11) is -1.80. The molecule has 2 heterocycles. The smallest absolute Gasteiger partial charge is 0.283 e. The van der Waals surface area contributed by atoms with Crippen LogP contribution >= 0.6 is 0 Å². The van der Waals surface area contributed by atoms with Crippen molar-refractivity contribution < 1.29 is 8.42 Å². The van der Waals surface area contributed by atoms with E-state index in [9.17, 15) is 8.42 Å². The lowest BCUT2D eigenvalue weighted by Crippen LogP contribution is -2.36. The molecule has 6 heteroatoms. The number of rotatable bonds is 3. The van der Waals surface area contributed by atoms with Crippen LogP contribution in [0.2, 0.25) is 0 Å². The maximum atomic E-state index is 13.0. The third kappa shape index (κ3) is 2.31. The van der Waals surface area contributed by atoms with E-state index in [1.54, 1.807) is 22.0 Å². The zero-order valence-electron chi connectivity index (χ0n) is 13.2. The SMILES string of the molecule is CCc1cccc2c1N(S(=O)(=O)c1cn(C)c(C)n1)CCC2. The average Bonchev–Trinajstić information content (AvgIpc) is 2.86. The molecule has 0 saturated carbocycles. The van der Waals surface area contributed by atoms with Gasteiger partial charge in [-0.3, -0.25) is 4.31 Å². The second-order valence-electron chi connectivity index (χ2n) is 5.70.